The number of para-hydroxylation sites is 2. The number of rotatable bonds is 8. The van der Waals surface area contributed by atoms with Crippen molar-refractivity contribution in [3.8, 4) is 5.75 Å². The summed E-state index contributed by atoms with van der Waals surface area (Å²) in [6.07, 6.45) is 1.79. The quantitative estimate of drug-likeness (QED) is 0.377. The molecule has 0 aliphatic carbocycles. The Balaban J connectivity index is 1.57. The molecule has 9 nitrogen and oxygen atoms in total. The number of aromatic nitrogens is 5. The summed E-state index contributed by atoms with van der Waals surface area (Å²) in [5, 5.41) is 14.0. The van der Waals surface area contributed by atoms with Gasteiger partial charge in [-0.3, -0.25) is 9.69 Å². The molecular formula is C29H37N7O2. The molecule has 4 aromatic rings. The van der Waals surface area contributed by atoms with Crippen molar-refractivity contribution >= 4 is 16.6 Å². The first-order chi connectivity index (χ1) is 18.4. The van der Waals surface area contributed by atoms with Crippen LogP contribution in [-0.2, 0) is 12.0 Å². The number of anilines is 1. The summed E-state index contributed by atoms with van der Waals surface area (Å²) in [7, 11) is 1.70. The second-order valence-corrected chi connectivity index (χ2v) is 10.5. The van der Waals surface area contributed by atoms with E-state index in [2.05, 4.69) is 76.2 Å². The third-order valence-corrected chi connectivity index (χ3v) is 7.92. The van der Waals surface area contributed by atoms with E-state index in [-0.39, 0.29) is 17.1 Å². The number of nitrogens with zero attached hydrogens (tertiary/aromatic N) is 6. The maximum Gasteiger partial charge on any atom is 0.253 e. The monoisotopic (exact) mass is 515 g/mol. The fraction of sp³-hybridized carbons (Fsp3) is 0.448. The number of hydrogen-bond acceptors (Lipinski definition) is 7. The van der Waals surface area contributed by atoms with Gasteiger partial charge in [0.15, 0.2) is 5.82 Å². The van der Waals surface area contributed by atoms with Gasteiger partial charge < -0.3 is 14.6 Å². The van der Waals surface area contributed by atoms with E-state index in [9.17, 15) is 4.79 Å². The maximum absolute atomic E-state index is 13.6. The highest BCUT2D eigenvalue weighted by atomic mass is 16.5. The normalized spacial score (nSPS) is 15.7. The zero-order valence-electron chi connectivity index (χ0n) is 22.9. The summed E-state index contributed by atoms with van der Waals surface area (Å²) in [5.41, 5.74) is 3.41. The minimum absolute atomic E-state index is 0.109. The second kappa shape index (κ2) is 10.6. The number of methoxy groups -OCH3 is 1. The molecule has 1 fully saturated rings. The van der Waals surface area contributed by atoms with Gasteiger partial charge in [-0.2, -0.15) is 0 Å². The third kappa shape index (κ3) is 4.78. The van der Waals surface area contributed by atoms with Crippen LogP contribution in [-0.4, -0.2) is 63.4 Å². The number of piperazine rings is 1. The lowest BCUT2D eigenvalue weighted by molar-refractivity contribution is 0.186. The number of tetrazole rings is 1. The van der Waals surface area contributed by atoms with Gasteiger partial charge in [-0.25, -0.2) is 4.68 Å². The lowest BCUT2D eigenvalue weighted by Crippen LogP contribution is -2.49. The van der Waals surface area contributed by atoms with E-state index in [1.807, 2.05) is 35.0 Å². The molecule has 9 heteroatoms. The van der Waals surface area contributed by atoms with Crippen molar-refractivity contribution < 1.29 is 4.74 Å². The lowest BCUT2D eigenvalue weighted by atomic mass is 9.98. The minimum Gasteiger partial charge on any atom is -0.495 e. The van der Waals surface area contributed by atoms with Gasteiger partial charge in [0.25, 0.3) is 5.56 Å². The molecule has 3 heterocycles. The number of aromatic amines is 1. The van der Waals surface area contributed by atoms with Gasteiger partial charge in [0, 0.05) is 37.3 Å². The van der Waals surface area contributed by atoms with Gasteiger partial charge >= 0.3 is 0 Å². The summed E-state index contributed by atoms with van der Waals surface area (Å²) in [4.78, 5) is 21.4. The van der Waals surface area contributed by atoms with Crippen molar-refractivity contribution in [3.63, 3.8) is 0 Å². The highest BCUT2D eigenvalue weighted by molar-refractivity contribution is 5.80. The Hall–Kier alpha value is -3.72. The molecule has 0 amide bonds. The summed E-state index contributed by atoms with van der Waals surface area (Å²) < 4.78 is 7.51. The number of benzene rings is 2. The molecule has 0 unspecified atom stereocenters. The molecule has 1 saturated heterocycles. The highest BCUT2D eigenvalue weighted by Gasteiger charge is 2.36. The molecule has 38 heavy (non-hydrogen) atoms. The average Bonchev–Trinajstić information content (AvgIpc) is 3.44. The van der Waals surface area contributed by atoms with Crippen LogP contribution in [0.2, 0.25) is 0 Å². The van der Waals surface area contributed by atoms with Crippen LogP contribution in [0.15, 0.2) is 53.3 Å². The Kier molecular flexibility index (Phi) is 7.21. The van der Waals surface area contributed by atoms with Crippen LogP contribution in [0.3, 0.4) is 0 Å². The molecule has 2 aromatic carbocycles. The van der Waals surface area contributed by atoms with E-state index in [1.54, 1.807) is 7.11 Å². The Labute approximate surface area is 223 Å². The van der Waals surface area contributed by atoms with E-state index in [0.717, 1.165) is 61.4 Å². The first kappa shape index (κ1) is 25.9. The Bertz CT molecular complexity index is 1470. The molecule has 0 bridgehead atoms. The van der Waals surface area contributed by atoms with Crippen LogP contribution >= 0.6 is 0 Å². The van der Waals surface area contributed by atoms with Gasteiger partial charge in [-0.05, 0) is 78.4 Å². The summed E-state index contributed by atoms with van der Waals surface area (Å²) >= 11 is 0. The Morgan fingerprint density at radius 3 is 2.53 bits per heavy atom. The first-order valence-corrected chi connectivity index (χ1v) is 13.4. The number of ether oxygens (including phenoxy) is 1. The van der Waals surface area contributed by atoms with Crippen LogP contribution in [0, 0.1) is 0 Å². The Morgan fingerprint density at radius 2 is 1.82 bits per heavy atom. The molecule has 0 saturated carbocycles. The smallest absolute Gasteiger partial charge is 0.253 e. The zero-order valence-corrected chi connectivity index (χ0v) is 22.9. The van der Waals surface area contributed by atoms with E-state index in [1.165, 1.54) is 5.56 Å². The van der Waals surface area contributed by atoms with E-state index < -0.39 is 0 Å². The summed E-state index contributed by atoms with van der Waals surface area (Å²) in [5.74, 6) is 1.56. The molecule has 1 atom stereocenters. The SMILES string of the molecule is CCc1ccc2[nH]c(=O)c([C@H](c3nnnn3C(C)(C)CC)N3CCN(c4ccccc4OC)CC3)cc2c1. The lowest BCUT2D eigenvalue weighted by Gasteiger charge is -2.40. The fourth-order valence-electron chi connectivity index (χ4n) is 5.25. The number of hydrogen-bond donors (Lipinski definition) is 1. The Morgan fingerprint density at radius 1 is 1.05 bits per heavy atom. The van der Waals surface area contributed by atoms with Gasteiger partial charge in [0.2, 0.25) is 0 Å². The number of H-pyrrole nitrogens is 1. The molecule has 1 aliphatic heterocycles. The summed E-state index contributed by atoms with van der Waals surface area (Å²) in [6.45, 7) is 11.6. The predicted octanol–water partition coefficient (Wildman–Crippen LogP) is 4.14. The minimum atomic E-state index is -0.380. The van der Waals surface area contributed by atoms with Crippen molar-refractivity contribution in [2.24, 2.45) is 0 Å². The van der Waals surface area contributed by atoms with E-state index >= 15 is 0 Å². The van der Waals surface area contributed by atoms with E-state index in [0.29, 0.717) is 11.4 Å². The molecule has 1 N–H and O–H groups in total. The standard InChI is InChI=1S/C29H37N7O2/c1-6-20-12-13-23-21(18-20)19-22(28(37)30-23)26(27-31-32-33-36(27)29(3,4)7-2)35-16-14-34(15-17-35)24-10-8-9-11-25(24)38-5/h8-13,18-19,26H,6-7,14-17H2,1-5H3,(H,30,37)/t26-/m1/s1. The molecule has 200 valence electrons. The fourth-order valence-corrected chi connectivity index (χ4v) is 5.25. The number of pyridine rings is 1. The predicted molar refractivity (Wildman–Crippen MR) is 150 cm³/mol. The van der Waals surface area contributed by atoms with Gasteiger partial charge in [0.1, 0.15) is 11.8 Å². The number of aryl methyl sites for hydroxylation is 1. The second-order valence-electron chi connectivity index (χ2n) is 10.5. The molecule has 2 aromatic heterocycles. The first-order valence-electron chi connectivity index (χ1n) is 13.4. The van der Waals surface area contributed by atoms with Crippen LogP contribution < -0.4 is 15.2 Å². The van der Waals surface area contributed by atoms with Crippen LogP contribution in [0.1, 0.15) is 57.1 Å². The van der Waals surface area contributed by atoms with Crippen molar-refractivity contribution in [1.29, 1.82) is 0 Å². The van der Waals surface area contributed by atoms with Gasteiger partial charge in [-0.1, -0.05) is 32.0 Å². The van der Waals surface area contributed by atoms with Crippen molar-refractivity contribution in [2.75, 3.05) is 38.2 Å². The molecule has 0 radical (unpaired) electrons. The van der Waals surface area contributed by atoms with Crippen molar-refractivity contribution in [2.45, 2.75) is 52.1 Å². The van der Waals surface area contributed by atoms with Crippen molar-refractivity contribution in [1.82, 2.24) is 30.1 Å². The topological polar surface area (TPSA) is 92.2 Å². The van der Waals surface area contributed by atoms with Crippen LogP contribution in [0.25, 0.3) is 10.9 Å². The maximum atomic E-state index is 13.6. The highest BCUT2D eigenvalue weighted by Crippen LogP contribution is 2.33. The summed E-state index contributed by atoms with van der Waals surface area (Å²) in [6, 6.07) is 16.0. The molecule has 5 rings (SSSR count). The molecular weight excluding hydrogens is 478 g/mol. The number of nitrogens with one attached hydrogen (secondary N) is 1. The van der Waals surface area contributed by atoms with Gasteiger partial charge in [-0.15, -0.1) is 5.10 Å². The average molecular weight is 516 g/mol. The third-order valence-electron chi connectivity index (χ3n) is 7.92. The molecule has 1 aliphatic rings. The van der Waals surface area contributed by atoms with E-state index in [4.69, 9.17) is 4.74 Å². The largest absolute Gasteiger partial charge is 0.495 e. The molecule has 0 spiro atoms. The van der Waals surface area contributed by atoms with Crippen molar-refractivity contribution in [3.05, 3.63) is 75.8 Å². The van der Waals surface area contributed by atoms with Crippen LogP contribution in [0.4, 0.5) is 5.69 Å². The van der Waals surface area contributed by atoms with Gasteiger partial charge in [0.05, 0.1) is 18.3 Å². The zero-order chi connectivity index (χ0) is 26.9. The van der Waals surface area contributed by atoms with Crippen LogP contribution in [0.5, 0.6) is 5.75 Å². The number of fused-ring (bicyclic) bond motifs is 1.